The number of para-hydroxylation sites is 1. The van der Waals surface area contributed by atoms with Gasteiger partial charge in [-0.05, 0) is 31.5 Å². The second-order valence-electron chi connectivity index (χ2n) is 4.49. The molecular formula is C15H16N2O3. The number of ether oxygens (including phenoxy) is 1. The Bertz CT molecular complexity index is 654. The average molecular weight is 272 g/mol. The molecule has 0 unspecified atom stereocenters. The molecule has 3 N–H and O–H groups in total. The zero-order valence-corrected chi connectivity index (χ0v) is 11.4. The predicted octanol–water partition coefficient (Wildman–Crippen LogP) is 2.08. The van der Waals surface area contributed by atoms with Gasteiger partial charge in [-0.2, -0.15) is 0 Å². The lowest BCUT2D eigenvalue weighted by Gasteiger charge is -2.13. The molecule has 20 heavy (non-hydrogen) atoms. The van der Waals surface area contributed by atoms with Gasteiger partial charge in [0.15, 0.2) is 0 Å². The van der Waals surface area contributed by atoms with Crippen LogP contribution < -0.4 is 10.5 Å². The molecule has 1 aromatic carbocycles. The van der Waals surface area contributed by atoms with Crippen molar-refractivity contribution in [3.05, 3.63) is 52.7 Å². The van der Waals surface area contributed by atoms with Crippen molar-refractivity contribution in [1.82, 2.24) is 4.98 Å². The summed E-state index contributed by atoms with van der Waals surface area (Å²) >= 11 is 0. The van der Waals surface area contributed by atoms with Gasteiger partial charge < -0.3 is 15.6 Å². The number of hydrogen-bond acceptors (Lipinski definition) is 4. The van der Waals surface area contributed by atoms with E-state index in [2.05, 4.69) is 4.98 Å². The lowest BCUT2D eigenvalue weighted by molar-refractivity contribution is 0.0997. The quantitative estimate of drug-likeness (QED) is 0.892. The number of amides is 1. The standard InChI is InChI=1S/C15H16N2O3/c1-9-7-10(2)17-15(13(9)14(16)19)20-12-6-4-3-5-11(12)8-18/h3-7,18H,8H2,1-2H3,(H2,16,19). The zero-order chi connectivity index (χ0) is 14.7. The minimum Gasteiger partial charge on any atom is -0.438 e. The molecule has 0 aliphatic heterocycles. The van der Waals surface area contributed by atoms with Crippen molar-refractivity contribution in [3.8, 4) is 11.6 Å². The molecule has 104 valence electrons. The minimum atomic E-state index is -0.591. The van der Waals surface area contributed by atoms with E-state index in [1.54, 1.807) is 37.3 Å². The van der Waals surface area contributed by atoms with Gasteiger partial charge in [-0.1, -0.05) is 18.2 Å². The number of aromatic nitrogens is 1. The smallest absolute Gasteiger partial charge is 0.254 e. The fourth-order valence-electron chi connectivity index (χ4n) is 2.01. The van der Waals surface area contributed by atoms with Crippen LogP contribution in [-0.2, 0) is 6.61 Å². The molecule has 5 heteroatoms. The van der Waals surface area contributed by atoms with Crippen LogP contribution in [0.2, 0.25) is 0 Å². The Labute approximate surface area is 117 Å². The SMILES string of the molecule is Cc1cc(C)c(C(N)=O)c(Oc2ccccc2CO)n1. The number of carbonyl (C=O) groups excluding carboxylic acids is 1. The fraction of sp³-hybridized carbons (Fsp3) is 0.200. The summed E-state index contributed by atoms with van der Waals surface area (Å²) in [6.07, 6.45) is 0. The third kappa shape index (κ3) is 2.78. The van der Waals surface area contributed by atoms with Crippen molar-refractivity contribution in [1.29, 1.82) is 0 Å². The minimum absolute atomic E-state index is 0.160. The van der Waals surface area contributed by atoms with Crippen LogP contribution in [0, 0.1) is 13.8 Å². The van der Waals surface area contributed by atoms with Crippen LogP contribution in [0.4, 0.5) is 0 Å². The topological polar surface area (TPSA) is 85.4 Å². The first-order valence-electron chi connectivity index (χ1n) is 6.17. The summed E-state index contributed by atoms with van der Waals surface area (Å²) in [6.45, 7) is 3.43. The summed E-state index contributed by atoms with van der Waals surface area (Å²) in [5.74, 6) is 0.0254. The van der Waals surface area contributed by atoms with Crippen molar-refractivity contribution in [2.24, 2.45) is 5.73 Å². The summed E-state index contributed by atoms with van der Waals surface area (Å²) in [5, 5.41) is 9.29. The molecule has 2 aromatic rings. The number of benzene rings is 1. The van der Waals surface area contributed by atoms with Gasteiger partial charge >= 0.3 is 0 Å². The van der Waals surface area contributed by atoms with E-state index in [9.17, 15) is 9.90 Å². The number of nitrogens with two attached hydrogens (primary N) is 1. The first-order chi connectivity index (χ1) is 9.52. The maximum Gasteiger partial charge on any atom is 0.254 e. The molecule has 0 aliphatic rings. The van der Waals surface area contributed by atoms with Crippen molar-refractivity contribution in [2.75, 3.05) is 0 Å². The van der Waals surface area contributed by atoms with Gasteiger partial charge in [-0.25, -0.2) is 4.98 Å². The lowest BCUT2D eigenvalue weighted by atomic mass is 10.1. The molecular weight excluding hydrogens is 256 g/mol. The number of aliphatic hydroxyl groups excluding tert-OH is 1. The molecule has 1 amide bonds. The molecule has 0 saturated carbocycles. The number of nitrogens with zero attached hydrogens (tertiary/aromatic N) is 1. The van der Waals surface area contributed by atoms with Gasteiger partial charge in [-0.15, -0.1) is 0 Å². The van der Waals surface area contributed by atoms with Gasteiger partial charge in [0.2, 0.25) is 5.88 Å². The molecule has 0 atom stereocenters. The average Bonchev–Trinajstić information content (AvgIpc) is 2.38. The van der Waals surface area contributed by atoms with Crippen molar-refractivity contribution in [2.45, 2.75) is 20.5 Å². The lowest BCUT2D eigenvalue weighted by Crippen LogP contribution is -2.15. The number of hydrogen-bond donors (Lipinski definition) is 2. The molecule has 2 rings (SSSR count). The summed E-state index contributed by atoms with van der Waals surface area (Å²) in [6, 6.07) is 8.78. The molecule has 0 aliphatic carbocycles. The summed E-state index contributed by atoms with van der Waals surface area (Å²) in [7, 11) is 0. The highest BCUT2D eigenvalue weighted by Crippen LogP contribution is 2.28. The number of primary amides is 1. The van der Waals surface area contributed by atoms with Crippen LogP contribution in [0.3, 0.4) is 0 Å². The Balaban J connectivity index is 2.50. The third-order valence-electron chi connectivity index (χ3n) is 2.91. The second-order valence-corrected chi connectivity index (χ2v) is 4.49. The Hall–Kier alpha value is -2.40. The summed E-state index contributed by atoms with van der Waals surface area (Å²) in [5.41, 5.74) is 7.68. The number of aryl methyl sites for hydroxylation is 2. The van der Waals surface area contributed by atoms with E-state index < -0.39 is 5.91 Å². The van der Waals surface area contributed by atoms with E-state index in [1.807, 2.05) is 6.92 Å². The molecule has 0 spiro atoms. The first kappa shape index (κ1) is 14.0. The van der Waals surface area contributed by atoms with Gasteiger partial charge in [0.25, 0.3) is 5.91 Å². The molecule has 5 nitrogen and oxygen atoms in total. The van der Waals surface area contributed by atoms with Crippen molar-refractivity contribution >= 4 is 5.91 Å². The Morgan fingerprint density at radius 2 is 2.05 bits per heavy atom. The van der Waals surface area contributed by atoms with E-state index in [0.29, 0.717) is 16.9 Å². The maximum absolute atomic E-state index is 11.6. The fourth-order valence-corrected chi connectivity index (χ4v) is 2.01. The van der Waals surface area contributed by atoms with Crippen LogP contribution in [0.25, 0.3) is 0 Å². The van der Waals surface area contributed by atoms with Crippen LogP contribution in [-0.4, -0.2) is 16.0 Å². The predicted molar refractivity (Wildman–Crippen MR) is 74.7 cm³/mol. The van der Waals surface area contributed by atoms with E-state index >= 15 is 0 Å². The number of rotatable bonds is 4. The van der Waals surface area contributed by atoms with Gasteiger partial charge in [0.05, 0.1) is 6.61 Å². The van der Waals surface area contributed by atoms with E-state index in [0.717, 1.165) is 5.69 Å². The molecule has 0 bridgehead atoms. The zero-order valence-electron chi connectivity index (χ0n) is 11.4. The van der Waals surface area contributed by atoms with Crippen LogP contribution >= 0.6 is 0 Å². The summed E-state index contributed by atoms with van der Waals surface area (Å²) < 4.78 is 5.68. The number of carbonyl (C=O) groups is 1. The van der Waals surface area contributed by atoms with Crippen LogP contribution in [0.5, 0.6) is 11.6 Å². The maximum atomic E-state index is 11.6. The van der Waals surface area contributed by atoms with E-state index in [1.165, 1.54) is 0 Å². The Morgan fingerprint density at radius 1 is 1.35 bits per heavy atom. The van der Waals surface area contributed by atoms with Gasteiger partial charge in [-0.3, -0.25) is 4.79 Å². The first-order valence-corrected chi connectivity index (χ1v) is 6.17. The molecule has 1 aromatic heterocycles. The number of aliphatic hydroxyl groups is 1. The number of pyridine rings is 1. The highest BCUT2D eigenvalue weighted by Gasteiger charge is 2.17. The molecule has 1 heterocycles. The Morgan fingerprint density at radius 3 is 2.70 bits per heavy atom. The largest absolute Gasteiger partial charge is 0.438 e. The summed E-state index contributed by atoms with van der Waals surface area (Å²) in [4.78, 5) is 15.8. The van der Waals surface area contributed by atoms with E-state index in [4.69, 9.17) is 10.5 Å². The highest BCUT2D eigenvalue weighted by molar-refractivity contribution is 5.96. The van der Waals surface area contributed by atoms with E-state index in [-0.39, 0.29) is 18.1 Å². The molecule has 0 radical (unpaired) electrons. The Kier molecular flexibility index (Phi) is 4.00. The van der Waals surface area contributed by atoms with Gasteiger partial charge in [0.1, 0.15) is 11.3 Å². The third-order valence-corrected chi connectivity index (χ3v) is 2.91. The van der Waals surface area contributed by atoms with Crippen molar-refractivity contribution in [3.63, 3.8) is 0 Å². The monoisotopic (exact) mass is 272 g/mol. The second kappa shape index (κ2) is 5.71. The highest BCUT2D eigenvalue weighted by atomic mass is 16.5. The van der Waals surface area contributed by atoms with Crippen LogP contribution in [0.15, 0.2) is 30.3 Å². The van der Waals surface area contributed by atoms with Crippen molar-refractivity contribution < 1.29 is 14.6 Å². The normalized spacial score (nSPS) is 10.3. The molecule has 0 fully saturated rings. The van der Waals surface area contributed by atoms with Gasteiger partial charge in [0, 0.05) is 11.3 Å². The molecule has 0 saturated heterocycles. The van der Waals surface area contributed by atoms with Crippen LogP contribution in [0.1, 0.15) is 27.2 Å².